The van der Waals surface area contributed by atoms with Crippen molar-refractivity contribution in [2.24, 2.45) is 0 Å². The van der Waals surface area contributed by atoms with E-state index >= 15 is 0 Å². The second-order valence-electron chi connectivity index (χ2n) is 10.6. The number of nitrogens with one attached hydrogen (secondary N) is 2. The summed E-state index contributed by atoms with van der Waals surface area (Å²) in [5.41, 5.74) is 6.45. The summed E-state index contributed by atoms with van der Waals surface area (Å²) >= 11 is -0.840. The van der Waals surface area contributed by atoms with Gasteiger partial charge in [0.2, 0.25) is 0 Å². The predicted molar refractivity (Wildman–Crippen MR) is 179 cm³/mol. The molecule has 0 amide bonds. The van der Waals surface area contributed by atoms with Crippen LogP contribution in [0.4, 0.5) is 0 Å². The monoisotopic (exact) mass is 739 g/mol. The zero-order valence-electron chi connectivity index (χ0n) is 24.6. The molecule has 3 aromatic heterocycles. The summed E-state index contributed by atoms with van der Waals surface area (Å²) in [4.78, 5) is 36.8. The van der Waals surface area contributed by atoms with Crippen LogP contribution in [0, 0.1) is 0 Å². The molecule has 14 nitrogen and oxygen atoms in total. The quantitative estimate of drug-likeness (QED) is 0.127. The minimum absolute atomic E-state index is 0.597. The summed E-state index contributed by atoms with van der Waals surface area (Å²) in [6.45, 7) is 0. The molecule has 5 heterocycles. The van der Waals surface area contributed by atoms with Gasteiger partial charge in [-0.25, -0.2) is 29.9 Å². The SMILES string of the molecule is O=[S](=O)(O)[Cu][S](=O)(=O)O.c1ccc2c(c1)-c1nc-2nc2[nH]c(nc3nc(nc4[nH]c(n1)c1ccccc41)-c1ccccc1-3)c1ccccc21. The summed E-state index contributed by atoms with van der Waals surface area (Å²) in [6.07, 6.45) is 0. The number of fused-ring (bicyclic) bond motifs is 20. The van der Waals surface area contributed by atoms with Crippen molar-refractivity contribution in [3.05, 3.63) is 97.1 Å². The molecule has 0 unspecified atom stereocenters. The average molecular weight is 740 g/mol. The van der Waals surface area contributed by atoms with Crippen molar-refractivity contribution in [3.63, 3.8) is 0 Å². The largest absolute Gasteiger partial charge is 0.324 e. The van der Waals surface area contributed by atoms with Crippen LogP contribution in [0.25, 0.3) is 89.7 Å². The summed E-state index contributed by atoms with van der Waals surface area (Å²) in [7, 11) is -9.43. The van der Waals surface area contributed by atoms with Gasteiger partial charge in [0.25, 0.3) is 0 Å². The molecule has 8 bridgehead atoms. The van der Waals surface area contributed by atoms with E-state index in [1.54, 1.807) is 0 Å². The zero-order valence-corrected chi connectivity index (χ0v) is 27.1. The molecule has 0 aliphatic carbocycles. The molecular formula is C32H20CuN8O6S2. The van der Waals surface area contributed by atoms with E-state index in [0.717, 1.165) is 43.8 Å². The van der Waals surface area contributed by atoms with E-state index in [0.29, 0.717) is 45.9 Å². The molecule has 17 heteroatoms. The number of benzene rings is 4. The first-order chi connectivity index (χ1) is 23.5. The van der Waals surface area contributed by atoms with Crippen molar-refractivity contribution < 1.29 is 38.7 Å². The van der Waals surface area contributed by atoms with Gasteiger partial charge in [-0.2, -0.15) is 0 Å². The fourth-order valence-electron chi connectivity index (χ4n) is 5.67. The third kappa shape index (κ3) is 5.95. The summed E-state index contributed by atoms with van der Waals surface area (Å²) in [6, 6.07) is 32.2. The van der Waals surface area contributed by atoms with Crippen molar-refractivity contribution >= 4 is 61.2 Å². The molecule has 0 saturated heterocycles. The van der Waals surface area contributed by atoms with E-state index in [1.807, 2.05) is 97.1 Å². The van der Waals surface area contributed by atoms with Gasteiger partial charge in [0.05, 0.1) is 0 Å². The van der Waals surface area contributed by atoms with Gasteiger partial charge in [0, 0.05) is 43.8 Å². The van der Waals surface area contributed by atoms with Gasteiger partial charge < -0.3 is 9.97 Å². The van der Waals surface area contributed by atoms with Crippen LogP contribution in [-0.4, -0.2) is 65.8 Å². The molecule has 9 rings (SSSR count). The Morgan fingerprint density at radius 1 is 0.408 bits per heavy atom. The van der Waals surface area contributed by atoms with Crippen LogP contribution in [0.5, 0.6) is 0 Å². The topological polar surface area (TPSA) is 218 Å². The predicted octanol–water partition coefficient (Wildman–Crippen LogP) is 5.54. The Hall–Kier alpha value is -5.42. The van der Waals surface area contributed by atoms with E-state index < -0.39 is 29.8 Å². The maximum atomic E-state index is 9.62. The average Bonchev–Trinajstić information content (AvgIpc) is 3.79. The molecule has 2 aliphatic rings. The minimum Gasteiger partial charge on any atom is -0.324 e. The number of aromatic nitrogens is 8. The molecule has 0 radical (unpaired) electrons. The van der Waals surface area contributed by atoms with Crippen LogP contribution in [0.1, 0.15) is 0 Å². The number of aromatic amines is 2. The van der Waals surface area contributed by atoms with E-state index in [2.05, 4.69) is 9.97 Å². The third-order valence-corrected chi connectivity index (χ3v) is 12.2. The first-order valence-corrected chi connectivity index (χ1v) is 19.1. The zero-order chi connectivity index (χ0) is 33.9. The standard InChI is InChI=1S/C32H18N8.Cu.2HO3S/c1-2-10-18-17(9-1)25-33-26(18)38-28-21-13-5-6-14-22(21)30(35-28)40-32-24-16-8-7-15-23(24)31(36-32)39-29-20-12-4-3-11-19(20)27(34-29)37-25;;2*1-4(2)3/h1-16H,(H2,33,34,35,36,37,38,39,40);;2*(H,1,2,3). The van der Waals surface area contributed by atoms with Gasteiger partial charge in [-0.15, -0.1) is 0 Å². The number of nitrogens with zero attached hydrogens (tertiary/aromatic N) is 6. The molecule has 0 fully saturated rings. The minimum atomic E-state index is -4.71. The van der Waals surface area contributed by atoms with Crippen molar-refractivity contribution in [1.29, 1.82) is 0 Å². The Morgan fingerprint density at radius 3 is 0.878 bits per heavy atom. The van der Waals surface area contributed by atoms with Gasteiger partial charge in [-0.3, -0.25) is 0 Å². The number of hydrogen-bond acceptors (Lipinski definition) is 10. The molecule has 0 atom stereocenters. The fraction of sp³-hybridized carbons (Fsp3) is 0. The second kappa shape index (κ2) is 11.6. The van der Waals surface area contributed by atoms with Crippen LogP contribution >= 0.6 is 0 Å². The molecule has 247 valence electrons. The van der Waals surface area contributed by atoms with Gasteiger partial charge in [0.1, 0.15) is 22.6 Å². The third-order valence-electron chi connectivity index (χ3n) is 7.59. The van der Waals surface area contributed by atoms with Crippen molar-refractivity contribution in [1.82, 2.24) is 39.9 Å². The Balaban J connectivity index is 0.000000344. The Labute approximate surface area is 281 Å². The summed E-state index contributed by atoms with van der Waals surface area (Å²) < 4.78 is 54.0. The first-order valence-electron chi connectivity index (χ1n) is 14.3. The van der Waals surface area contributed by atoms with Crippen LogP contribution < -0.4 is 0 Å². The van der Waals surface area contributed by atoms with Gasteiger partial charge >= 0.3 is 55.7 Å². The Bertz CT molecular complexity index is 2540. The van der Waals surface area contributed by atoms with Gasteiger partial charge in [-0.05, 0) is 0 Å². The molecule has 4 aromatic carbocycles. The number of hydrogen-bond donors (Lipinski definition) is 4. The maximum Gasteiger partial charge on any atom is 0.164 e. The molecule has 49 heavy (non-hydrogen) atoms. The molecule has 4 N–H and O–H groups in total. The molecular weight excluding hydrogens is 720 g/mol. The van der Waals surface area contributed by atoms with Crippen LogP contribution in [0.15, 0.2) is 97.1 Å². The normalized spacial score (nSPS) is 12.4. The summed E-state index contributed by atoms with van der Waals surface area (Å²) in [5.74, 6) is 2.39. The van der Waals surface area contributed by atoms with E-state index in [4.69, 9.17) is 39.0 Å². The van der Waals surface area contributed by atoms with E-state index in [9.17, 15) is 16.8 Å². The molecule has 7 aromatic rings. The Morgan fingerprint density at radius 2 is 0.653 bits per heavy atom. The van der Waals surface area contributed by atoms with Crippen LogP contribution in [0.3, 0.4) is 0 Å². The molecule has 0 spiro atoms. The number of H-pyrrole nitrogens is 2. The molecule has 0 saturated carbocycles. The summed E-state index contributed by atoms with van der Waals surface area (Å²) in [5, 5.41) is 3.82. The van der Waals surface area contributed by atoms with E-state index in [-0.39, 0.29) is 0 Å². The Kier molecular flexibility index (Phi) is 7.33. The van der Waals surface area contributed by atoms with E-state index in [1.165, 1.54) is 0 Å². The second-order valence-corrected chi connectivity index (χ2v) is 16.8. The fourth-order valence-corrected chi connectivity index (χ4v) is 8.57. The van der Waals surface area contributed by atoms with Crippen LogP contribution in [0.2, 0.25) is 0 Å². The maximum absolute atomic E-state index is 9.62. The molecule has 2 aliphatic heterocycles. The van der Waals surface area contributed by atoms with Gasteiger partial charge in [0.15, 0.2) is 23.3 Å². The van der Waals surface area contributed by atoms with Crippen molar-refractivity contribution in [2.75, 3.05) is 0 Å². The van der Waals surface area contributed by atoms with Crippen LogP contribution in [-0.2, 0) is 29.8 Å². The smallest absolute Gasteiger partial charge is 0.164 e. The van der Waals surface area contributed by atoms with Gasteiger partial charge in [-0.1, -0.05) is 97.1 Å². The number of rotatable bonds is 2. The van der Waals surface area contributed by atoms with Crippen molar-refractivity contribution in [3.8, 4) is 45.6 Å². The first kappa shape index (κ1) is 30.9. The van der Waals surface area contributed by atoms with Crippen molar-refractivity contribution in [2.45, 2.75) is 0 Å².